The number of benzene rings is 2. The number of nitrogens with one attached hydrogen (secondary N) is 1. The lowest BCUT2D eigenvalue weighted by Crippen LogP contribution is -2.52. The van der Waals surface area contributed by atoms with Crippen LogP contribution in [0.25, 0.3) is 0 Å². The molecule has 0 fully saturated rings. The van der Waals surface area contributed by atoms with Crippen LogP contribution in [0.3, 0.4) is 0 Å². The van der Waals surface area contributed by atoms with Crippen LogP contribution in [0, 0.1) is 6.92 Å². The van der Waals surface area contributed by atoms with Gasteiger partial charge in [0.25, 0.3) is 0 Å². The summed E-state index contributed by atoms with van der Waals surface area (Å²) in [6.07, 6.45) is -0.0640. The number of anilines is 1. The molecule has 1 atom stereocenters. The molecule has 0 spiro atoms. The highest BCUT2D eigenvalue weighted by Crippen LogP contribution is 2.27. The van der Waals surface area contributed by atoms with Crippen LogP contribution in [0.2, 0.25) is 5.02 Å². The van der Waals surface area contributed by atoms with Gasteiger partial charge in [-0.05, 0) is 56.5 Å². The van der Waals surface area contributed by atoms with Gasteiger partial charge >= 0.3 is 6.09 Å². The zero-order valence-electron chi connectivity index (χ0n) is 16.6. The average molecular weight is 401 g/mol. The third-order valence-corrected chi connectivity index (χ3v) is 4.87. The predicted molar refractivity (Wildman–Crippen MR) is 111 cm³/mol. The van der Waals surface area contributed by atoms with E-state index in [4.69, 9.17) is 16.3 Å². The molecule has 3 rings (SSSR count). The quantitative estimate of drug-likeness (QED) is 0.775. The molecule has 0 aromatic heterocycles. The molecule has 0 radical (unpaired) electrons. The van der Waals surface area contributed by atoms with Gasteiger partial charge in [-0.2, -0.15) is 0 Å². The van der Waals surface area contributed by atoms with Crippen molar-refractivity contribution < 1.29 is 14.3 Å². The third kappa shape index (κ3) is 4.65. The molecule has 2 aromatic rings. The highest BCUT2D eigenvalue weighted by atomic mass is 35.5. The Kier molecular flexibility index (Phi) is 5.66. The minimum atomic E-state index is -0.664. The molecular formula is C22H25ClN2O3. The normalized spacial score (nSPS) is 16.3. The molecular weight excluding hydrogens is 376 g/mol. The van der Waals surface area contributed by atoms with E-state index in [2.05, 4.69) is 5.32 Å². The molecule has 0 unspecified atom stereocenters. The van der Waals surface area contributed by atoms with Crippen molar-refractivity contribution in [1.29, 1.82) is 0 Å². The van der Waals surface area contributed by atoms with Gasteiger partial charge in [0.2, 0.25) is 5.91 Å². The molecule has 2 amide bonds. The molecule has 28 heavy (non-hydrogen) atoms. The fourth-order valence-electron chi connectivity index (χ4n) is 3.21. The van der Waals surface area contributed by atoms with Crippen molar-refractivity contribution in [2.24, 2.45) is 0 Å². The number of amides is 2. The van der Waals surface area contributed by atoms with Gasteiger partial charge in [0.05, 0.1) is 6.54 Å². The number of nitrogens with zero attached hydrogens (tertiary/aromatic N) is 1. The molecule has 2 aromatic carbocycles. The maximum absolute atomic E-state index is 13.1. The molecule has 6 heteroatoms. The zero-order chi connectivity index (χ0) is 20.5. The largest absolute Gasteiger partial charge is 0.444 e. The number of carbonyl (C=O) groups excluding carboxylic acids is 2. The lowest BCUT2D eigenvalue weighted by molar-refractivity contribution is -0.121. The van der Waals surface area contributed by atoms with Crippen molar-refractivity contribution in [2.45, 2.75) is 52.3 Å². The zero-order valence-corrected chi connectivity index (χ0v) is 17.3. The van der Waals surface area contributed by atoms with Crippen molar-refractivity contribution in [3.63, 3.8) is 0 Å². The fraction of sp³-hybridized carbons (Fsp3) is 0.364. The second-order valence-electron chi connectivity index (χ2n) is 8.05. The van der Waals surface area contributed by atoms with Crippen LogP contribution in [-0.2, 0) is 22.5 Å². The van der Waals surface area contributed by atoms with E-state index in [1.807, 2.05) is 58.0 Å². The van der Waals surface area contributed by atoms with Crippen LogP contribution >= 0.6 is 11.6 Å². The third-order valence-electron chi connectivity index (χ3n) is 4.64. The minimum absolute atomic E-state index is 0.259. The summed E-state index contributed by atoms with van der Waals surface area (Å²) in [5.41, 5.74) is 2.98. The van der Waals surface area contributed by atoms with Crippen molar-refractivity contribution in [3.05, 3.63) is 64.2 Å². The van der Waals surface area contributed by atoms with Gasteiger partial charge in [0.15, 0.2) is 0 Å². The summed E-state index contributed by atoms with van der Waals surface area (Å²) in [4.78, 5) is 27.4. The van der Waals surface area contributed by atoms with Crippen LogP contribution < -0.4 is 5.32 Å². The summed E-state index contributed by atoms with van der Waals surface area (Å²) in [6, 6.07) is 12.5. The number of rotatable bonds is 2. The summed E-state index contributed by atoms with van der Waals surface area (Å²) in [6.45, 7) is 7.67. The topological polar surface area (TPSA) is 58.6 Å². The molecule has 0 aliphatic carbocycles. The van der Waals surface area contributed by atoms with Crippen LogP contribution in [0.4, 0.5) is 10.5 Å². The summed E-state index contributed by atoms with van der Waals surface area (Å²) >= 11 is 6.07. The Hall–Kier alpha value is -2.53. The molecule has 1 N–H and O–H groups in total. The summed E-state index contributed by atoms with van der Waals surface area (Å²) in [7, 11) is 0. The van der Waals surface area contributed by atoms with E-state index in [1.54, 1.807) is 12.1 Å². The van der Waals surface area contributed by atoms with Crippen molar-refractivity contribution in [1.82, 2.24) is 4.90 Å². The van der Waals surface area contributed by atoms with Gasteiger partial charge in [0, 0.05) is 17.1 Å². The number of hydrogen-bond acceptors (Lipinski definition) is 3. The molecule has 0 saturated heterocycles. The van der Waals surface area contributed by atoms with E-state index >= 15 is 0 Å². The highest BCUT2D eigenvalue weighted by molar-refractivity contribution is 6.31. The van der Waals surface area contributed by atoms with E-state index in [1.165, 1.54) is 4.90 Å². The number of carbonyl (C=O) groups is 2. The molecule has 5 nitrogen and oxygen atoms in total. The van der Waals surface area contributed by atoms with E-state index < -0.39 is 17.7 Å². The highest BCUT2D eigenvalue weighted by Gasteiger charge is 2.37. The Bertz CT molecular complexity index is 905. The van der Waals surface area contributed by atoms with Gasteiger partial charge in [0.1, 0.15) is 11.6 Å². The molecule has 1 heterocycles. The summed E-state index contributed by atoms with van der Waals surface area (Å²) in [5, 5.41) is 3.47. The SMILES string of the molecule is Cc1ccc(Cl)cc1NC(=O)[C@H]1Cc2ccccc2CN1C(=O)OC(C)(C)C. The summed E-state index contributed by atoms with van der Waals surface area (Å²) < 4.78 is 5.55. The van der Waals surface area contributed by atoms with E-state index in [0.29, 0.717) is 23.7 Å². The van der Waals surface area contributed by atoms with Gasteiger partial charge in [-0.3, -0.25) is 9.69 Å². The van der Waals surface area contributed by atoms with Crippen molar-refractivity contribution >= 4 is 29.3 Å². The van der Waals surface area contributed by atoms with E-state index in [0.717, 1.165) is 16.7 Å². The minimum Gasteiger partial charge on any atom is -0.444 e. The smallest absolute Gasteiger partial charge is 0.411 e. The Labute approximate surface area is 170 Å². The van der Waals surface area contributed by atoms with Crippen LogP contribution in [0.1, 0.15) is 37.5 Å². The lowest BCUT2D eigenvalue weighted by atomic mass is 9.93. The Morgan fingerprint density at radius 1 is 1.14 bits per heavy atom. The Balaban J connectivity index is 1.89. The first-order valence-electron chi connectivity index (χ1n) is 9.27. The van der Waals surface area contributed by atoms with E-state index in [9.17, 15) is 9.59 Å². The number of halogens is 1. The number of fused-ring (bicyclic) bond motifs is 1. The standard InChI is InChI=1S/C22H25ClN2O3/c1-14-9-10-17(23)12-18(14)24-20(26)19-11-15-7-5-6-8-16(15)13-25(19)21(27)28-22(2,3)4/h5-10,12,19H,11,13H2,1-4H3,(H,24,26)/t19-/m1/s1. The number of aryl methyl sites for hydroxylation is 1. The number of hydrogen-bond donors (Lipinski definition) is 1. The fourth-order valence-corrected chi connectivity index (χ4v) is 3.39. The van der Waals surface area contributed by atoms with Gasteiger partial charge in [-0.15, -0.1) is 0 Å². The van der Waals surface area contributed by atoms with Gasteiger partial charge in [-0.1, -0.05) is 41.9 Å². The molecule has 0 saturated carbocycles. The maximum Gasteiger partial charge on any atom is 0.411 e. The predicted octanol–water partition coefficient (Wildman–Crippen LogP) is 4.95. The molecule has 0 bridgehead atoms. The first-order valence-corrected chi connectivity index (χ1v) is 9.65. The van der Waals surface area contributed by atoms with Crippen LogP contribution in [-0.4, -0.2) is 28.5 Å². The molecule has 148 valence electrons. The van der Waals surface area contributed by atoms with Crippen LogP contribution in [0.5, 0.6) is 0 Å². The maximum atomic E-state index is 13.1. The Morgan fingerprint density at radius 3 is 2.50 bits per heavy atom. The number of ether oxygens (including phenoxy) is 1. The lowest BCUT2D eigenvalue weighted by Gasteiger charge is -2.37. The first kappa shape index (κ1) is 20.2. The Morgan fingerprint density at radius 2 is 1.82 bits per heavy atom. The van der Waals surface area contributed by atoms with Gasteiger partial charge in [-0.25, -0.2) is 4.79 Å². The van der Waals surface area contributed by atoms with Gasteiger partial charge < -0.3 is 10.1 Å². The van der Waals surface area contributed by atoms with Crippen molar-refractivity contribution in [2.75, 3.05) is 5.32 Å². The van der Waals surface area contributed by atoms with Crippen LogP contribution in [0.15, 0.2) is 42.5 Å². The molecule has 1 aliphatic heterocycles. The van der Waals surface area contributed by atoms with Crippen molar-refractivity contribution in [3.8, 4) is 0 Å². The first-order chi connectivity index (χ1) is 13.1. The second-order valence-corrected chi connectivity index (χ2v) is 8.48. The van der Waals surface area contributed by atoms with E-state index in [-0.39, 0.29) is 5.91 Å². The monoisotopic (exact) mass is 400 g/mol. The second kappa shape index (κ2) is 7.84. The average Bonchev–Trinajstić information content (AvgIpc) is 2.62. The molecule has 1 aliphatic rings. The summed E-state index contributed by atoms with van der Waals surface area (Å²) in [5.74, 6) is -0.259.